The number of sulfonamides is 1. The van der Waals surface area contributed by atoms with E-state index in [9.17, 15) is 18.3 Å². The zero-order valence-electron chi connectivity index (χ0n) is 32.4. The maximum absolute atomic E-state index is 13.8. The molecule has 12 nitrogen and oxygen atoms in total. The lowest BCUT2D eigenvalue weighted by Gasteiger charge is -2.41. The third kappa shape index (κ3) is 9.89. The molecule has 14 heteroatoms. The number of thioether (sulfide) groups is 1. The molecule has 6 aromatic rings. The van der Waals surface area contributed by atoms with Crippen molar-refractivity contribution in [1.82, 2.24) is 30.2 Å². The Labute approximate surface area is 343 Å². The quantitative estimate of drug-likeness (QED) is 0.0982. The molecule has 3 N–H and O–H groups in total. The van der Waals surface area contributed by atoms with Gasteiger partial charge in [-0.3, -0.25) is 4.79 Å². The van der Waals surface area contributed by atoms with Crippen molar-refractivity contribution in [3.8, 4) is 11.1 Å². The third-order valence-electron chi connectivity index (χ3n) is 10.3. The number of nitrogens with one attached hydrogen (secondary N) is 2. The van der Waals surface area contributed by atoms with E-state index in [1.54, 1.807) is 23.9 Å². The second-order valence-corrected chi connectivity index (χ2v) is 17.1. The maximum atomic E-state index is 13.8. The van der Waals surface area contributed by atoms with Gasteiger partial charge in [0.1, 0.15) is 6.04 Å². The average Bonchev–Trinajstić information content (AvgIpc) is 3.67. The highest BCUT2D eigenvalue weighted by Crippen LogP contribution is 2.43. The molecular formula is C44H46N6O6S2. The number of nitrogens with zero attached hydrogens (tertiary/aromatic N) is 4. The van der Waals surface area contributed by atoms with Crippen molar-refractivity contribution in [3.05, 3.63) is 161 Å². The van der Waals surface area contributed by atoms with Crippen LogP contribution in [-0.4, -0.2) is 57.5 Å². The molecule has 1 aliphatic rings. The van der Waals surface area contributed by atoms with Crippen molar-refractivity contribution in [1.29, 1.82) is 0 Å². The Hall–Kier alpha value is -5.22. The topological polar surface area (TPSA) is 158 Å². The molecule has 1 saturated heterocycles. The van der Waals surface area contributed by atoms with Crippen molar-refractivity contribution < 1.29 is 27.8 Å². The number of hydrogen-bond donors (Lipinski definition) is 3. The van der Waals surface area contributed by atoms with Crippen LogP contribution in [0.2, 0.25) is 0 Å². The van der Waals surface area contributed by atoms with Gasteiger partial charge in [-0.25, -0.2) is 13.1 Å². The van der Waals surface area contributed by atoms with E-state index in [-0.39, 0.29) is 42.6 Å². The van der Waals surface area contributed by atoms with Crippen LogP contribution < -0.4 is 10.0 Å². The SMILES string of the molecule is Cc1ccc(S(=O)(=O)N[C@H](Cc2ccccc2)C(=O)NCc2ccccc2-c2ccc([C@@H]3O[C@H](CSc4nnnn4C)[C@H](C)[C@H](c4ccc(CO)cc4)O3)cc2)cc1. The Balaban J connectivity index is 1.08. The average molecular weight is 819 g/mol. The zero-order valence-corrected chi connectivity index (χ0v) is 34.1. The normalized spacial score (nSPS) is 18.8. The van der Waals surface area contributed by atoms with E-state index in [2.05, 4.69) is 32.5 Å². The Morgan fingerprint density at radius 3 is 2.24 bits per heavy atom. The molecule has 1 amide bonds. The van der Waals surface area contributed by atoms with Gasteiger partial charge in [-0.2, -0.15) is 4.72 Å². The van der Waals surface area contributed by atoms with Gasteiger partial charge in [0.2, 0.25) is 21.1 Å². The monoisotopic (exact) mass is 818 g/mol. The second kappa shape index (κ2) is 18.6. The van der Waals surface area contributed by atoms with Crippen LogP contribution >= 0.6 is 11.8 Å². The smallest absolute Gasteiger partial charge is 0.241 e. The van der Waals surface area contributed by atoms with Crippen molar-refractivity contribution >= 4 is 27.7 Å². The van der Waals surface area contributed by atoms with Gasteiger partial charge < -0.3 is 19.9 Å². The summed E-state index contributed by atoms with van der Waals surface area (Å²) in [4.78, 5) is 13.9. The first-order chi connectivity index (χ1) is 28.1. The minimum Gasteiger partial charge on any atom is -0.392 e. The molecule has 0 unspecified atom stereocenters. The zero-order chi connectivity index (χ0) is 40.6. The van der Waals surface area contributed by atoms with Crippen molar-refractivity contribution in [3.63, 3.8) is 0 Å². The van der Waals surface area contributed by atoms with Crippen LogP contribution in [0.25, 0.3) is 11.1 Å². The number of aliphatic hydroxyl groups excluding tert-OH is 1. The predicted octanol–water partition coefficient (Wildman–Crippen LogP) is 6.47. The molecule has 300 valence electrons. The number of benzene rings is 5. The third-order valence-corrected chi connectivity index (χ3v) is 12.9. The summed E-state index contributed by atoms with van der Waals surface area (Å²) in [6, 6.07) is 38.4. The summed E-state index contributed by atoms with van der Waals surface area (Å²) in [6.45, 7) is 4.14. The lowest BCUT2D eigenvalue weighted by Crippen LogP contribution is -2.47. The van der Waals surface area contributed by atoms with Crippen LogP contribution in [0.3, 0.4) is 0 Å². The molecule has 5 atom stereocenters. The molecule has 0 bridgehead atoms. The van der Waals surface area contributed by atoms with E-state index in [0.717, 1.165) is 44.5 Å². The summed E-state index contributed by atoms with van der Waals surface area (Å²) >= 11 is 1.53. The van der Waals surface area contributed by atoms with Gasteiger partial charge in [0.25, 0.3) is 0 Å². The standard InChI is InChI=1S/C44H46N6O6S2/c1-29-13-23-37(24-14-29)58(53,54)47-39(25-31-9-5-4-6-10-31)42(52)45-26-36-11-7-8-12-38(36)33-19-21-35(22-20-33)43-55-40(28-57-44-46-48-49-50(44)3)30(2)41(56-43)34-17-15-32(27-51)16-18-34/h4-24,30,39-41,43,47,51H,25-28H2,1-3H3,(H,45,52)/t30-,39+,40+,41+,43+/m0/s1. The second-order valence-electron chi connectivity index (χ2n) is 14.4. The number of rotatable bonds is 15. The van der Waals surface area contributed by atoms with Gasteiger partial charge in [-0.15, -0.1) is 5.10 Å². The maximum Gasteiger partial charge on any atom is 0.241 e. The molecule has 0 aliphatic carbocycles. The fourth-order valence-electron chi connectivity index (χ4n) is 6.90. The first-order valence-corrected chi connectivity index (χ1v) is 21.5. The number of hydrogen-bond acceptors (Lipinski definition) is 10. The van der Waals surface area contributed by atoms with E-state index >= 15 is 0 Å². The molecule has 2 heterocycles. The summed E-state index contributed by atoms with van der Waals surface area (Å²) in [7, 11) is -2.18. The molecule has 5 aromatic carbocycles. The Bertz CT molecular complexity index is 2390. The summed E-state index contributed by atoms with van der Waals surface area (Å²) in [5.41, 5.74) is 7.14. The first kappa shape index (κ1) is 41.0. The van der Waals surface area contributed by atoms with Gasteiger partial charge in [0, 0.05) is 30.8 Å². The molecule has 58 heavy (non-hydrogen) atoms. The fraction of sp³-hybridized carbons (Fsp3) is 0.273. The van der Waals surface area contributed by atoms with Gasteiger partial charge >= 0.3 is 0 Å². The summed E-state index contributed by atoms with van der Waals surface area (Å²) in [6.07, 6.45) is -0.947. The van der Waals surface area contributed by atoms with Crippen molar-refractivity contribution in [2.45, 2.75) is 68.0 Å². The van der Waals surface area contributed by atoms with Crippen LogP contribution in [0.5, 0.6) is 0 Å². The lowest BCUT2D eigenvalue weighted by atomic mass is 9.91. The number of carbonyl (C=O) groups excluding carboxylic acids is 1. The van der Waals surface area contributed by atoms with E-state index < -0.39 is 28.3 Å². The highest BCUT2D eigenvalue weighted by Gasteiger charge is 2.38. The minimum absolute atomic E-state index is 0.00326. The molecule has 7 rings (SSSR count). The van der Waals surface area contributed by atoms with Crippen LogP contribution in [-0.2, 0) is 50.9 Å². The summed E-state index contributed by atoms with van der Waals surface area (Å²) < 4.78 is 44.4. The molecule has 1 aliphatic heterocycles. The van der Waals surface area contributed by atoms with E-state index in [1.807, 2.05) is 110 Å². The minimum atomic E-state index is -3.98. The fourth-order valence-corrected chi connectivity index (χ4v) is 9.11. The number of ether oxygens (including phenoxy) is 2. The Morgan fingerprint density at radius 2 is 1.55 bits per heavy atom. The first-order valence-electron chi connectivity index (χ1n) is 19.0. The van der Waals surface area contributed by atoms with Crippen molar-refractivity contribution in [2.24, 2.45) is 13.0 Å². The summed E-state index contributed by atoms with van der Waals surface area (Å²) in [5.74, 6) is 0.169. The van der Waals surface area contributed by atoms with E-state index in [0.29, 0.717) is 10.9 Å². The van der Waals surface area contributed by atoms with Gasteiger partial charge in [0.15, 0.2) is 6.29 Å². The number of tetrazole rings is 1. The molecular weight excluding hydrogens is 773 g/mol. The van der Waals surface area contributed by atoms with E-state index in [1.165, 1.54) is 23.9 Å². The molecule has 1 fully saturated rings. The molecule has 0 radical (unpaired) electrons. The Kier molecular flexibility index (Phi) is 13.1. The predicted molar refractivity (Wildman–Crippen MR) is 222 cm³/mol. The summed E-state index contributed by atoms with van der Waals surface area (Å²) in [5, 5.41) is 25.2. The Morgan fingerprint density at radius 1 is 0.862 bits per heavy atom. The molecule has 0 saturated carbocycles. The van der Waals surface area contributed by atoms with Crippen molar-refractivity contribution in [2.75, 3.05) is 5.75 Å². The number of amides is 1. The highest BCUT2D eigenvalue weighted by molar-refractivity contribution is 7.99. The number of aromatic nitrogens is 4. The van der Waals surface area contributed by atoms with Gasteiger partial charge in [-0.1, -0.05) is 140 Å². The largest absolute Gasteiger partial charge is 0.392 e. The number of aryl methyl sites for hydroxylation is 2. The van der Waals surface area contributed by atoms with Crippen LogP contribution in [0, 0.1) is 12.8 Å². The van der Waals surface area contributed by atoms with Crippen LogP contribution in [0.4, 0.5) is 0 Å². The highest BCUT2D eigenvalue weighted by atomic mass is 32.2. The number of carbonyl (C=O) groups is 1. The van der Waals surface area contributed by atoms with Gasteiger partial charge in [-0.05, 0) is 69.3 Å². The van der Waals surface area contributed by atoms with Crippen LogP contribution in [0.15, 0.2) is 137 Å². The van der Waals surface area contributed by atoms with Crippen LogP contribution in [0.1, 0.15) is 52.7 Å². The van der Waals surface area contributed by atoms with E-state index in [4.69, 9.17) is 9.47 Å². The number of aliphatic hydroxyl groups is 1. The van der Waals surface area contributed by atoms with Gasteiger partial charge in [0.05, 0.1) is 23.7 Å². The molecule has 0 spiro atoms. The lowest BCUT2D eigenvalue weighted by molar-refractivity contribution is -0.268. The molecule has 1 aromatic heterocycles.